The quantitative estimate of drug-likeness (QED) is 0.650. The van der Waals surface area contributed by atoms with E-state index in [9.17, 15) is 15.2 Å². The molecule has 0 aromatic heterocycles. The molecule has 18 heavy (non-hydrogen) atoms. The Morgan fingerprint density at radius 1 is 1.22 bits per heavy atom. The summed E-state index contributed by atoms with van der Waals surface area (Å²) in [5, 5.41) is 21.2. The Morgan fingerprint density at radius 2 is 1.94 bits per heavy atom. The van der Waals surface area contributed by atoms with Crippen molar-refractivity contribution in [2.45, 2.75) is 12.5 Å². The molecule has 5 heteroatoms. The molecule has 0 bridgehead atoms. The molecular weight excluding hydrogens is 234 g/mol. The van der Waals surface area contributed by atoms with Gasteiger partial charge >= 0.3 is 0 Å². The smallest absolute Gasteiger partial charge is 0.294 e. The molecule has 2 aromatic carbocycles. The van der Waals surface area contributed by atoms with Crippen molar-refractivity contribution in [3.63, 3.8) is 0 Å². The van der Waals surface area contributed by atoms with Crippen molar-refractivity contribution in [2.24, 2.45) is 0 Å². The van der Waals surface area contributed by atoms with Gasteiger partial charge in [-0.15, -0.1) is 10.1 Å². The average molecular weight is 247 g/mol. The third-order valence-corrected chi connectivity index (χ3v) is 2.75. The van der Waals surface area contributed by atoms with E-state index in [2.05, 4.69) is 4.84 Å². The van der Waals surface area contributed by atoms with Crippen LogP contribution in [0.15, 0.2) is 42.5 Å². The van der Waals surface area contributed by atoms with Crippen molar-refractivity contribution in [3.05, 3.63) is 58.1 Å². The van der Waals surface area contributed by atoms with E-state index in [-0.39, 0.29) is 13.0 Å². The van der Waals surface area contributed by atoms with E-state index in [1.54, 1.807) is 0 Å². The predicted molar refractivity (Wildman–Crippen MR) is 66.5 cm³/mol. The molecular formula is C13H13NO4. The monoisotopic (exact) mass is 247 g/mol. The number of rotatable bonds is 5. The third-order valence-electron chi connectivity index (χ3n) is 2.75. The lowest BCUT2D eigenvalue weighted by molar-refractivity contribution is -0.758. The number of fused-ring (bicyclic) bond motifs is 1. The van der Waals surface area contributed by atoms with E-state index in [1.807, 2.05) is 42.5 Å². The van der Waals surface area contributed by atoms with Gasteiger partial charge < -0.3 is 9.94 Å². The van der Waals surface area contributed by atoms with E-state index in [1.165, 1.54) is 0 Å². The number of benzene rings is 2. The van der Waals surface area contributed by atoms with Crippen LogP contribution in [0.2, 0.25) is 0 Å². The zero-order valence-electron chi connectivity index (χ0n) is 9.65. The molecule has 0 heterocycles. The van der Waals surface area contributed by atoms with E-state index in [0.29, 0.717) is 0 Å². The molecule has 0 aliphatic rings. The van der Waals surface area contributed by atoms with Crippen molar-refractivity contribution < 1.29 is 15.0 Å². The van der Waals surface area contributed by atoms with Crippen molar-refractivity contribution in [2.75, 3.05) is 6.61 Å². The maximum absolute atomic E-state index is 9.99. The molecule has 1 N–H and O–H groups in total. The first-order chi connectivity index (χ1) is 8.66. The first-order valence-corrected chi connectivity index (χ1v) is 5.61. The van der Waals surface area contributed by atoms with Gasteiger partial charge in [-0.2, -0.15) is 0 Å². The molecule has 0 saturated carbocycles. The number of aliphatic hydroxyl groups excluding tert-OH is 1. The minimum atomic E-state index is -0.854. The highest BCUT2D eigenvalue weighted by Crippen LogP contribution is 2.22. The van der Waals surface area contributed by atoms with E-state index < -0.39 is 11.2 Å². The summed E-state index contributed by atoms with van der Waals surface area (Å²) in [6.07, 6.45) is -0.561. The second-order valence-electron chi connectivity index (χ2n) is 3.97. The van der Waals surface area contributed by atoms with Gasteiger partial charge in [-0.05, 0) is 22.4 Å². The van der Waals surface area contributed by atoms with Crippen LogP contribution in [0.4, 0.5) is 0 Å². The maximum atomic E-state index is 9.99. The highest BCUT2D eigenvalue weighted by molar-refractivity contribution is 5.83. The minimum Gasteiger partial charge on any atom is -0.388 e. The van der Waals surface area contributed by atoms with Gasteiger partial charge in [0.1, 0.15) is 0 Å². The number of hydrogen-bond acceptors (Lipinski definition) is 4. The maximum Gasteiger partial charge on any atom is 0.294 e. The number of hydrogen-bond donors (Lipinski definition) is 1. The lowest BCUT2D eigenvalue weighted by Crippen LogP contribution is -2.07. The van der Waals surface area contributed by atoms with Crippen LogP contribution < -0.4 is 0 Å². The van der Waals surface area contributed by atoms with Crippen molar-refractivity contribution in [1.82, 2.24) is 0 Å². The summed E-state index contributed by atoms with van der Waals surface area (Å²) in [6, 6.07) is 13.4. The fraction of sp³-hybridized carbons (Fsp3) is 0.231. The summed E-state index contributed by atoms with van der Waals surface area (Å²) in [5.41, 5.74) is 0.737. The normalized spacial score (nSPS) is 12.3. The molecule has 0 aliphatic carbocycles. The van der Waals surface area contributed by atoms with Crippen LogP contribution in [-0.4, -0.2) is 16.8 Å². The van der Waals surface area contributed by atoms with Crippen LogP contribution in [0, 0.1) is 10.1 Å². The Labute approximate surface area is 104 Å². The standard InChI is InChI=1S/C13H13NO4/c15-13(7-8-18-14(16)17)12-6-5-10-3-1-2-4-11(10)9-12/h1-6,9,13,15H,7-8H2. The van der Waals surface area contributed by atoms with E-state index in [4.69, 9.17) is 0 Å². The molecule has 0 saturated heterocycles. The van der Waals surface area contributed by atoms with Crippen LogP contribution in [-0.2, 0) is 4.84 Å². The van der Waals surface area contributed by atoms with Crippen LogP contribution in [0.3, 0.4) is 0 Å². The Kier molecular flexibility index (Phi) is 3.74. The van der Waals surface area contributed by atoms with Gasteiger partial charge in [0.15, 0.2) is 0 Å². The highest BCUT2D eigenvalue weighted by atomic mass is 16.9. The molecule has 94 valence electrons. The average Bonchev–Trinajstić information content (AvgIpc) is 2.37. The van der Waals surface area contributed by atoms with Crippen molar-refractivity contribution in [1.29, 1.82) is 0 Å². The van der Waals surface area contributed by atoms with Gasteiger partial charge in [-0.1, -0.05) is 36.4 Å². The molecule has 2 rings (SSSR count). The van der Waals surface area contributed by atoms with Crippen molar-refractivity contribution in [3.8, 4) is 0 Å². The second-order valence-corrected chi connectivity index (χ2v) is 3.97. The molecule has 0 spiro atoms. The third kappa shape index (κ3) is 2.95. The van der Waals surface area contributed by atoms with Crippen molar-refractivity contribution >= 4 is 10.8 Å². The highest BCUT2D eigenvalue weighted by Gasteiger charge is 2.09. The Balaban J connectivity index is 2.08. The van der Waals surface area contributed by atoms with Crippen LogP contribution in [0.1, 0.15) is 18.1 Å². The first kappa shape index (κ1) is 12.3. The van der Waals surface area contributed by atoms with Gasteiger partial charge in [-0.25, -0.2) is 0 Å². The summed E-state index contributed by atoms with van der Waals surface area (Å²) >= 11 is 0. The number of nitrogens with zero attached hydrogens (tertiary/aromatic N) is 1. The fourth-order valence-electron chi connectivity index (χ4n) is 1.82. The summed E-state index contributed by atoms with van der Waals surface area (Å²) in [5.74, 6) is 0. The van der Waals surface area contributed by atoms with Crippen LogP contribution in [0.5, 0.6) is 0 Å². The Hall–Kier alpha value is -2.14. The molecule has 0 aliphatic heterocycles. The Morgan fingerprint density at radius 3 is 2.67 bits per heavy atom. The van der Waals surface area contributed by atoms with E-state index >= 15 is 0 Å². The van der Waals surface area contributed by atoms with E-state index in [0.717, 1.165) is 16.3 Å². The minimum absolute atomic E-state index is 0.110. The predicted octanol–water partition coefficient (Wildman–Crippen LogP) is 2.47. The fourth-order valence-corrected chi connectivity index (χ4v) is 1.82. The second kappa shape index (κ2) is 5.46. The summed E-state index contributed by atoms with van der Waals surface area (Å²) in [6.45, 7) is -0.110. The molecule has 1 unspecified atom stereocenters. The lowest BCUT2D eigenvalue weighted by Gasteiger charge is -2.11. The molecule has 2 aromatic rings. The van der Waals surface area contributed by atoms with Gasteiger partial charge in [0, 0.05) is 6.42 Å². The molecule has 1 atom stereocenters. The zero-order chi connectivity index (χ0) is 13.0. The molecule has 0 amide bonds. The van der Waals surface area contributed by atoms with Crippen LogP contribution >= 0.6 is 0 Å². The lowest BCUT2D eigenvalue weighted by atomic mass is 10.0. The number of aliphatic hydroxyl groups is 1. The SMILES string of the molecule is O=[N+]([O-])OCCC(O)c1ccc2ccccc2c1. The molecule has 5 nitrogen and oxygen atoms in total. The summed E-state index contributed by atoms with van der Waals surface area (Å²) in [4.78, 5) is 14.2. The van der Waals surface area contributed by atoms with Crippen LogP contribution in [0.25, 0.3) is 10.8 Å². The van der Waals surface area contributed by atoms with Gasteiger partial charge in [0.2, 0.25) is 0 Å². The van der Waals surface area contributed by atoms with Gasteiger partial charge in [-0.3, -0.25) is 0 Å². The van der Waals surface area contributed by atoms with Gasteiger partial charge in [0.25, 0.3) is 5.09 Å². The molecule has 0 fully saturated rings. The zero-order valence-corrected chi connectivity index (χ0v) is 9.65. The molecule has 0 radical (unpaired) electrons. The topological polar surface area (TPSA) is 72.6 Å². The first-order valence-electron chi connectivity index (χ1n) is 5.61. The Bertz CT molecular complexity index is 555. The van der Waals surface area contributed by atoms with Gasteiger partial charge in [0.05, 0.1) is 12.7 Å². The summed E-state index contributed by atoms with van der Waals surface area (Å²) < 4.78 is 0. The summed E-state index contributed by atoms with van der Waals surface area (Å²) in [7, 11) is 0. The largest absolute Gasteiger partial charge is 0.388 e.